The summed E-state index contributed by atoms with van der Waals surface area (Å²) in [6.07, 6.45) is 4.16. The summed E-state index contributed by atoms with van der Waals surface area (Å²) in [6, 6.07) is 8.89. The molecule has 36 heavy (non-hydrogen) atoms. The van der Waals surface area contributed by atoms with Crippen LogP contribution in [0.25, 0.3) is 22.2 Å². The predicted octanol–water partition coefficient (Wildman–Crippen LogP) is 6.30. The van der Waals surface area contributed by atoms with Crippen LogP contribution in [-0.2, 0) is 16.2 Å². The van der Waals surface area contributed by atoms with Crippen molar-refractivity contribution in [1.82, 2.24) is 9.55 Å². The van der Waals surface area contributed by atoms with Crippen LogP contribution in [0.1, 0.15) is 35.8 Å². The number of nitrogens with zero attached hydrogens (tertiary/aromatic N) is 2. The lowest BCUT2D eigenvalue weighted by atomic mass is 10.0. The quantitative estimate of drug-likeness (QED) is 0.162. The highest BCUT2D eigenvalue weighted by molar-refractivity contribution is 6.76. The third-order valence-electron chi connectivity index (χ3n) is 6.54. The van der Waals surface area contributed by atoms with Gasteiger partial charge in [-0.1, -0.05) is 19.6 Å². The molecule has 194 valence electrons. The molecule has 0 spiro atoms. The van der Waals surface area contributed by atoms with Gasteiger partial charge in [-0.05, 0) is 62.9 Å². The molecule has 0 amide bonds. The van der Waals surface area contributed by atoms with Crippen molar-refractivity contribution in [2.45, 2.75) is 59.1 Å². The maximum atomic E-state index is 13.0. The molecule has 0 radical (unpaired) electrons. The number of ether oxygens (including phenoxy) is 4. The topological polar surface area (TPSA) is 71.8 Å². The molecule has 0 bridgehead atoms. The lowest BCUT2D eigenvalue weighted by molar-refractivity contribution is 0.0525. The average Bonchev–Trinajstić information content (AvgIpc) is 3.62. The molecule has 2 aromatic heterocycles. The van der Waals surface area contributed by atoms with E-state index in [0.29, 0.717) is 43.5 Å². The Kier molecular flexibility index (Phi) is 8.05. The van der Waals surface area contributed by atoms with Gasteiger partial charge in [-0.25, -0.2) is 4.79 Å². The van der Waals surface area contributed by atoms with Crippen molar-refractivity contribution >= 4 is 25.1 Å². The lowest BCUT2D eigenvalue weighted by Crippen LogP contribution is -2.22. The number of esters is 1. The van der Waals surface area contributed by atoms with Gasteiger partial charge in [-0.2, -0.15) is 0 Å². The Morgan fingerprint density at radius 2 is 1.94 bits per heavy atom. The van der Waals surface area contributed by atoms with Crippen molar-refractivity contribution in [3.63, 3.8) is 0 Å². The largest absolute Gasteiger partial charge is 0.497 e. The molecule has 0 aliphatic heterocycles. The molecule has 1 saturated carbocycles. The molecule has 2 heterocycles. The lowest BCUT2D eigenvalue weighted by Gasteiger charge is -2.18. The summed E-state index contributed by atoms with van der Waals surface area (Å²) >= 11 is 0. The highest BCUT2D eigenvalue weighted by Gasteiger charge is 2.27. The van der Waals surface area contributed by atoms with Gasteiger partial charge >= 0.3 is 5.97 Å². The highest BCUT2D eigenvalue weighted by atomic mass is 28.3. The fourth-order valence-corrected chi connectivity index (χ4v) is 4.97. The molecule has 0 unspecified atom stereocenters. The molecular formula is C28H38N2O5Si. The number of hydrogen-bond acceptors (Lipinski definition) is 6. The Bertz CT molecular complexity index is 1230. The van der Waals surface area contributed by atoms with Crippen molar-refractivity contribution in [1.29, 1.82) is 0 Å². The molecule has 1 aliphatic rings. The Morgan fingerprint density at radius 1 is 1.17 bits per heavy atom. The third kappa shape index (κ3) is 5.92. The summed E-state index contributed by atoms with van der Waals surface area (Å²) in [5.74, 6) is 1.78. The SMILES string of the molecule is CCOC(=O)c1c(C)n(COCC[Si](C)(C)C)c2c(-c3cc(OC)ccc3OCC3CC3)ccnc12. The Balaban J connectivity index is 1.83. The highest BCUT2D eigenvalue weighted by Crippen LogP contribution is 2.40. The van der Waals surface area contributed by atoms with Gasteiger partial charge in [0.1, 0.15) is 29.3 Å². The first-order valence-electron chi connectivity index (χ1n) is 12.8. The van der Waals surface area contributed by atoms with E-state index >= 15 is 0 Å². The second kappa shape index (κ2) is 11.0. The minimum absolute atomic E-state index is 0.298. The van der Waals surface area contributed by atoms with E-state index in [-0.39, 0.29) is 5.97 Å². The zero-order valence-electron chi connectivity index (χ0n) is 22.3. The molecule has 8 heteroatoms. The molecular weight excluding hydrogens is 472 g/mol. The first-order chi connectivity index (χ1) is 17.2. The number of methoxy groups -OCH3 is 1. The van der Waals surface area contributed by atoms with Gasteiger partial charge in [0.2, 0.25) is 0 Å². The van der Waals surface area contributed by atoms with Crippen LogP contribution in [0.2, 0.25) is 25.7 Å². The van der Waals surface area contributed by atoms with Gasteiger partial charge in [0, 0.05) is 37.7 Å². The van der Waals surface area contributed by atoms with E-state index in [1.807, 2.05) is 42.7 Å². The number of carbonyl (C=O) groups is 1. The van der Waals surface area contributed by atoms with Gasteiger partial charge in [0.25, 0.3) is 0 Å². The Morgan fingerprint density at radius 3 is 2.61 bits per heavy atom. The molecule has 1 aromatic carbocycles. The fourth-order valence-electron chi connectivity index (χ4n) is 4.21. The minimum atomic E-state index is -1.23. The predicted molar refractivity (Wildman–Crippen MR) is 145 cm³/mol. The molecule has 0 atom stereocenters. The fraction of sp³-hybridized carbons (Fsp3) is 0.500. The standard InChI is InChI=1S/C28H38N2O5Si/c1-7-34-28(31)25-19(2)30(18-33-14-15-36(4,5)6)27-22(12-13-29-26(25)27)23-16-21(32-3)10-11-24(23)35-17-20-8-9-20/h10-13,16,20H,7-9,14-15,17-18H2,1-6H3. The normalized spacial score (nSPS) is 13.7. The van der Waals surface area contributed by atoms with E-state index in [0.717, 1.165) is 39.9 Å². The van der Waals surface area contributed by atoms with Crippen molar-refractivity contribution in [3.8, 4) is 22.6 Å². The Labute approximate surface area is 214 Å². The number of aromatic nitrogens is 2. The summed E-state index contributed by atoms with van der Waals surface area (Å²) in [5.41, 5.74) is 4.50. The molecule has 4 rings (SSSR count). The average molecular weight is 511 g/mol. The maximum absolute atomic E-state index is 13.0. The summed E-state index contributed by atoms with van der Waals surface area (Å²) in [4.78, 5) is 17.6. The number of fused-ring (bicyclic) bond motifs is 1. The summed E-state index contributed by atoms with van der Waals surface area (Å²) in [5, 5.41) is 0. The van der Waals surface area contributed by atoms with E-state index in [4.69, 9.17) is 18.9 Å². The Hall–Kier alpha value is -2.84. The smallest absolute Gasteiger partial charge is 0.342 e. The molecule has 3 aromatic rings. The zero-order valence-corrected chi connectivity index (χ0v) is 23.3. The second-order valence-corrected chi connectivity index (χ2v) is 16.3. The zero-order chi connectivity index (χ0) is 25.9. The van der Waals surface area contributed by atoms with Gasteiger partial charge < -0.3 is 23.5 Å². The van der Waals surface area contributed by atoms with Crippen LogP contribution in [0, 0.1) is 12.8 Å². The first-order valence-corrected chi connectivity index (χ1v) is 16.5. The molecule has 7 nitrogen and oxygen atoms in total. The van der Waals surface area contributed by atoms with Crippen LogP contribution in [-0.4, -0.2) is 50.5 Å². The first kappa shape index (κ1) is 26.2. The van der Waals surface area contributed by atoms with Crippen molar-refractivity contribution < 1.29 is 23.7 Å². The van der Waals surface area contributed by atoms with Crippen LogP contribution < -0.4 is 9.47 Å². The van der Waals surface area contributed by atoms with Crippen LogP contribution in [0.15, 0.2) is 30.5 Å². The van der Waals surface area contributed by atoms with Crippen LogP contribution in [0.4, 0.5) is 0 Å². The number of hydrogen-bond donors (Lipinski definition) is 0. The number of benzene rings is 1. The van der Waals surface area contributed by atoms with Gasteiger partial charge in [-0.15, -0.1) is 0 Å². The minimum Gasteiger partial charge on any atom is -0.497 e. The number of pyridine rings is 1. The van der Waals surface area contributed by atoms with E-state index in [1.165, 1.54) is 12.8 Å². The summed E-state index contributed by atoms with van der Waals surface area (Å²) in [6.45, 7) is 12.7. The number of rotatable bonds is 12. The van der Waals surface area contributed by atoms with Crippen LogP contribution >= 0.6 is 0 Å². The van der Waals surface area contributed by atoms with Gasteiger partial charge in [0.15, 0.2) is 0 Å². The monoisotopic (exact) mass is 510 g/mol. The van der Waals surface area contributed by atoms with Gasteiger partial charge in [-0.3, -0.25) is 4.98 Å². The molecule has 1 aliphatic carbocycles. The second-order valence-electron chi connectivity index (χ2n) is 10.6. The molecule has 0 N–H and O–H groups in total. The number of carbonyl (C=O) groups excluding carboxylic acids is 1. The van der Waals surface area contributed by atoms with Gasteiger partial charge in [0.05, 0.1) is 25.8 Å². The molecule has 0 saturated heterocycles. The van der Waals surface area contributed by atoms with Crippen molar-refractivity contribution in [3.05, 3.63) is 41.7 Å². The van der Waals surface area contributed by atoms with E-state index in [1.54, 1.807) is 13.3 Å². The molecule has 1 fully saturated rings. The summed E-state index contributed by atoms with van der Waals surface area (Å²) < 4.78 is 25.4. The van der Waals surface area contributed by atoms with Crippen molar-refractivity contribution in [2.75, 3.05) is 26.9 Å². The van der Waals surface area contributed by atoms with E-state index in [2.05, 4.69) is 24.6 Å². The van der Waals surface area contributed by atoms with Crippen LogP contribution in [0.3, 0.4) is 0 Å². The maximum Gasteiger partial charge on any atom is 0.342 e. The van der Waals surface area contributed by atoms with E-state index < -0.39 is 8.07 Å². The van der Waals surface area contributed by atoms with E-state index in [9.17, 15) is 4.79 Å². The third-order valence-corrected chi connectivity index (χ3v) is 8.25. The van der Waals surface area contributed by atoms with Crippen LogP contribution in [0.5, 0.6) is 11.5 Å². The van der Waals surface area contributed by atoms with Crippen molar-refractivity contribution in [2.24, 2.45) is 5.92 Å². The summed E-state index contributed by atoms with van der Waals surface area (Å²) in [7, 11) is 0.425.